The zero-order valence-electron chi connectivity index (χ0n) is 22.0. The van der Waals surface area contributed by atoms with Gasteiger partial charge < -0.3 is 14.4 Å². The summed E-state index contributed by atoms with van der Waals surface area (Å²) in [5.74, 6) is -1.14. The second kappa shape index (κ2) is 11.4. The number of imide groups is 1. The first kappa shape index (κ1) is 27.1. The quantitative estimate of drug-likeness (QED) is 0.264. The molecule has 6 rings (SSSR count). The minimum Gasteiger partial charge on any atom is -0.368 e. The second-order valence-corrected chi connectivity index (χ2v) is 11.3. The summed E-state index contributed by atoms with van der Waals surface area (Å²) < 4.78 is 16.4. The van der Waals surface area contributed by atoms with Crippen LogP contribution in [0.3, 0.4) is 0 Å². The fraction of sp³-hybridized carbons (Fsp3) is 0.194. The number of fused-ring (bicyclic) bond motifs is 1. The summed E-state index contributed by atoms with van der Waals surface area (Å²) in [7, 11) is 0. The van der Waals surface area contributed by atoms with E-state index in [2.05, 4.69) is 4.90 Å². The van der Waals surface area contributed by atoms with Gasteiger partial charge in [-0.2, -0.15) is 0 Å². The Morgan fingerprint density at radius 2 is 1.66 bits per heavy atom. The Bertz CT molecular complexity index is 1660. The molecule has 2 aliphatic rings. The number of hydrogen-bond acceptors (Lipinski definition) is 5. The van der Waals surface area contributed by atoms with Gasteiger partial charge in [0, 0.05) is 65.1 Å². The van der Waals surface area contributed by atoms with E-state index in [0.29, 0.717) is 42.3 Å². The van der Waals surface area contributed by atoms with Crippen LogP contribution in [0.5, 0.6) is 0 Å². The monoisotopic (exact) mass is 588 g/mol. The molecule has 7 nitrogen and oxygen atoms in total. The molecule has 10 heteroatoms. The van der Waals surface area contributed by atoms with Crippen LogP contribution in [0.2, 0.25) is 5.02 Å². The van der Waals surface area contributed by atoms with Gasteiger partial charge in [-0.05, 0) is 48.2 Å². The summed E-state index contributed by atoms with van der Waals surface area (Å²) in [5.41, 5.74) is 3.02. The van der Waals surface area contributed by atoms with Gasteiger partial charge in [0.1, 0.15) is 12.4 Å². The van der Waals surface area contributed by atoms with E-state index < -0.39 is 17.0 Å². The van der Waals surface area contributed by atoms with Gasteiger partial charge in [0.25, 0.3) is 11.1 Å². The summed E-state index contributed by atoms with van der Waals surface area (Å²) in [6.07, 6.45) is 3.48. The molecule has 3 heterocycles. The lowest BCUT2D eigenvalue weighted by Crippen LogP contribution is -2.51. The maximum atomic E-state index is 14.5. The molecule has 3 aromatic carbocycles. The van der Waals surface area contributed by atoms with E-state index in [1.54, 1.807) is 23.1 Å². The highest BCUT2D eigenvalue weighted by Gasteiger charge is 2.37. The van der Waals surface area contributed by atoms with E-state index in [0.717, 1.165) is 33.3 Å². The van der Waals surface area contributed by atoms with Gasteiger partial charge in [-0.15, -0.1) is 0 Å². The van der Waals surface area contributed by atoms with Crippen molar-refractivity contribution in [2.75, 3.05) is 37.6 Å². The van der Waals surface area contributed by atoms with Crippen LogP contribution in [-0.4, -0.2) is 64.1 Å². The van der Waals surface area contributed by atoms with Crippen molar-refractivity contribution in [2.45, 2.75) is 6.54 Å². The maximum Gasteiger partial charge on any atom is 0.294 e. The number of carbonyl (C=O) groups excluding carboxylic acids is 3. The number of rotatable bonds is 6. The standard InChI is InChI=1S/C31H26ClFN4O3S/c32-25-10-6-11-26(33)24(25)19-36-18-21(23-9-4-5-12-27(23)36)17-28-30(39)37(31(40)41-28)20-29(38)35-15-13-34(14-16-35)22-7-2-1-3-8-22/h1-12,17-18H,13-16,19-20H2/b28-17+. The number of thioether (sulfide) groups is 1. The fourth-order valence-corrected chi connectivity index (χ4v) is 6.29. The molecule has 0 unspecified atom stereocenters. The van der Waals surface area contributed by atoms with E-state index in [-0.39, 0.29) is 23.9 Å². The Balaban J connectivity index is 1.17. The van der Waals surface area contributed by atoms with E-state index in [1.807, 2.05) is 65.4 Å². The fourth-order valence-electron chi connectivity index (χ4n) is 5.24. The van der Waals surface area contributed by atoms with Gasteiger partial charge in [0.2, 0.25) is 5.91 Å². The van der Waals surface area contributed by atoms with Gasteiger partial charge in [-0.1, -0.05) is 54.1 Å². The van der Waals surface area contributed by atoms with Crippen LogP contribution in [0.25, 0.3) is 17.0 Å². The smallest absolute Gasteiger partial charge is 0.294 e. The highest BCUT2D eigenvalue weighted by atomic mass is 35.5. The molecule has 2 saturated heterocycles. The molecule has 0 N–H and O–H groups in total. The van der Waals surface area contributed by atoms with Crippen LogP contribution < -0.4 is 4.90 Å². The number of hydrogen-bond donors (Lipinski definition) is 0. The van der Waals surface area contributed by atoms with Crippen molar-refractivity contribution in [3.05, 3.63) is 106 Å². The van der Waals surface area contributed by atoms with Crippen LogP contribution in [-0.2, 0) is 16.1 Å². The third kappa shape index (κ3) is 5.47. The number of para-hydroxylation sites is 2. The lowest BCUT2D eigenvalue weighted by atomic mass is 10.1. The highest BCUT2D eigenvalue weighted by molar-refractivity contribution is 8.18. The van der Waals surface area contributed by atoms with E-state index >= 15 is 0 Å². The average Bonchev–Trinajstić information content (AvgIpc) is 3.47. The first-order chi connectivity index (χ1) is 19.9. The zero-order valence-corrected chi connectivity index (χ0v) is 23.6. The molecule has 3 amide bonds. The molecule has 41 heavy (non-hydrogen) atoms. The maximum absolute atomic E-state index is 14.5. The predicted octanol–water partition coefficient (Wildman–Crippen LogP) is 5.87. The topological polar surface area (TPSA) is 65.9 Å². The molecule has 2 fully saturated rings. The summed E-state index contributed by atoms with van der Waals surface area (Å²) in [6, 6.07) is 22.2. The Hall–Kier alpha value is -4.08. The van der Waals surface area contributed by atoms with Gasteiger partial charge >= 0.3 is 0 Å². The van der Waals surface area contributed by atoms with E-state index in [4.69, 9.17) is 11.6 Å². The van der Waals surface area contributed by atoms with Crippen molar-refractivity contribution in [2.24, 2.45) is 0 Å². The molecule has 208 valence electrons. The third-order valence-corrected chi connectivity index (χ3v) is 8.68. The SMILES string of the molecule is O=C(CN1C(=O)S/C(=C/c2cn(Cc3c(F)cccc3Cl)c3ccccc23)C1=O)N1CCN(c2ccccc2)CC1. The predicted molar refractivity (Wildman–Crippen MR) is 160 cm³/mol. The molecule has 0 aliphatic carbocycles. The molecule has 1 aromatic heterocycles. The van der Waals surface area contributed by atoms with Crippen molar-refractivity contribution < 1.29 is 18.8 Å². The van der Waals surface area contributed by atoms with Crippen molar-refractivity contribution in [1.29, 1.82) is 0 Å². The van der Waals surface area contributed by atoms with Gasteiger partial charge in [-0.25, -0.2) is 4.39 Å². The van der Waals surface area contributed by atoms with Crippen LogP contribution in [0.15, 0.2) is 83.9 Å². The average molecular weight is 589 g/mol. The lowest BCUT2D eigenvalue weighted by molar-refractivity contribution is -0.136. The molecule has 0 saturated carbocycles. The minimum atomic E-state index is -0.495. The summed E-state index contributed by atoms with van der Waals surface area (Å²) >= 11 is 7.09. The van der Waals surface area contributed by atoms with E-state index in [1.165, 1.54) is 6.07 Å². The Morgan fingerprint density at radius 1 is 0.927 bits per heavy atom. The number of aromatic nitrogens is 1. The first-order valence-corrected chi connectivity index (χ1v) is 14.4. The summed E-state index contributed by atoms with van der Waals surface area (Å²) in [5, 5.41) is 0.704. The lowest BCUT2D eigenvalue weighted by Gasteiger charge is -2.36. The number of nitrogens with zero attached hydrogens (tertiary/aromatic N) is 4. The first-order valence-electron chi connectivity index (χ1n) is 13.2. The molecular weight excluding hydrogens is 563 g/mol. The molecular formula is C31H26ClFN4O3S. The minimum absolute atomic E-state index is 0.202. The molecule has 0 atom stereocenters. The summed E-state index contributed by atoms with van der Waals surface area (Å²) in [4.78, 5) is 44.3. The molecule has 2 aliphatic heterocycles. The van der Waals surface area contributed by atoms with Crippen LogP contribution in [0.4, 0.5) is 14.9 Å². The zero-order chi connectivity index (χ0) is 28.5. The van der Waals surface area contributed by atoms with Gasteiger partial charge in [0.05, 0.1) is 11.4 Å². The highest BCUT2D eigenvalue weighted by Crippen LogP contribution is 2.35. The van der Waals surface area contributed by atoms with Crippen LogP contribution in [0.1, 0.15) is 11.1 Å². The number of benzene rings is 3. The number of anilines is 1. The van der Waals surface area contributed by atoms with Crippen molar-refractivity contribution in [1.82, 2.24) is 14.4 Å². The van der Waals surface area contributed by atoms with Gasteiger partial charge in [-0.3, -0.25) is 19.3 Å². The van der Waals surface area contributed by atoms with Gasteiger partial charge in [0.15, 0.2) is 0 Å². The van der Waals surface area contributed by atoms with Crippen molar-refractivity contribution in [3.8, 4) is 0 Å². The number of piperazine rings is 1. The number of halogens is 2. The molecule has 0 spiro atoms. The second-order valence-electron chi connectivity index (χ2n) is 9.90. The number of carbonyl (C=O) groups is 3. The summed E-state index contributed by atoms with van der Waals surface area (Å²) in [6.45, 7) is 2.31. The third-order valence-electron chi connectivity index (χ3n) is 7.42. The molecule has 0 radical (unpaired) electrons. The molecule has 0 bridgehead atoms. The van der Waals surface area contributed by atoms with Crippen molar-refractivity contribution in [3.63, 3.8) is 0 Å². The molecule has 4 aromatic rings. The largest absolute Gasteiger partial charge is 0.368 e. The normalized spacial score (nSPS) is 16.8. The Labute approximate surface area is 245 Å². The number of amides is 3. The van der Waals surface area contributed by atoms with Crippen LogP contribution >= 0.6 is 23.4 Å². The van der Waals surface area contributed by atoms with E-state index in [9.17, 15) is 18.8 Å². The van der Waals surface area contributed by atoms with Crippen molar-refractivity contribution >= 4 is 63.1 Å². The van der Waals surface area contributed by atoms with Crippen LogP contribution in [0, 0.1) is 5.82 Å². The Morgan fingerprint density at radius 3 is 2.41 bits per heavy atom. The Kier molecular flexibility index (Phi) is 7.55.